The fourth-order valence-corrected chi connectivity index (χ4v) is 2.29. The van der Waals surface area contributed by atoms with E-state index in [1.807, 2.05) is 0 Å². The van der Waals surface area contributed by atoms with Crippen LogP contribution in [-0.2, 0) is 0 Å². The molecule has 3 rings (SSSR count). The van der Waals surface area contributed by atoms with Gasteiger partial charge in [-0.15, -0.1) is 11.3 Å². The third-order valence-corrected chi connectivity index (χ3v) is 3.35. The van der Waals surface area contributed by atoms with Crippen LogP contribution in [0, 0.1) is 5.82 Å². The van der Waals surface area contributed by atoms with Crippen LogP contribution in [0.25, 0.3) is 10.9 Å². The van der Waals surface area contributed by atoms with Gasteiger partial charge in [-0.25, -0.2) is 9.37 Å². The normalized spacial score (nSPS) is 11.4. The molecule has 0 radical (unpaired) electrons. The van der Waals surface area contributed by atoms with Gasteiger partial charge in [-0.1, -0.05) is 0 Å². The Kier molecular flexibility index (Phi) is 2.88. The summed E-state index contributed by atoms with van der Waals surface area (Å²) in [4.78, 5) is 7.00. The third kappa shape index (κ3) is 2.27. The topological polar surface area (TPSA) is 79.1 Å². The SMILES string of the molecule is Nc1csc(NN=Cc2ccc(F)c3cc[nH]c23)n1. The predicted molar refractivity (Wildman–Crippen MR) is 76.0 cm³/mol. The van der Waals surface area contributed by atoms with E-state index >= 15 is 0 Å². The molecule has 7 heteroatoms. The van der Waals surface area contributed by atoms with Crippen molar-refractivity contribution in [2.24, 2.45) is 5.10 Å². The molecule has 4 N–H and O–H groups in total. The lowest BCUT2D eigenvalue weighted by molar-refractivity contribution is 0.640. The van der Waals surface area contributed by atoms with E-state index in [1.165, 1.54) is 17.4 Å². The summed E-state index contributed by atoms with van der Waals surface area (Å²) in [5.41, 5.74) is 9.78. The minimum absolute atomic E-state index is 0.256. The first-order valence-electron chi connectivity index (χ1n) is 5.50. The number of anilines is 2. The lowest BCUT2D eigenvalue weighted by Gasteiger charge is -1.98. The van der Waals surface area contributed by atoms with Gasteiger partial charge in [0.15, 0.2) is 0 Å². The molecule has 0 amide bonds. The van der Waals surface area contributed by atoms with Crippen molar-refractivity contribution in [2.75, 3.05) is 11.2 Å². The van der Waals surface area contributed by atoms with E-state index in [4.69, 9.17) is 5.73 Å². The van der Waals surface area contributed by atoms with Crippen LogP contribution in [0.3, 0.4) is 0 Å². The number of hydrogen-bond acceptors (Lipinski definition) is 5. The number of thiazole rings is 1. The number of nitrogens with two attached hydrogens (primary N) is 1. The number of nitrogen functional groups attached to an aromatic ring is 1. The second kappa shape index (κ2) is 4.69. The summed E-state index contributed by atoms with van der Waals surface area (Å²) in [6.07, 6.45) is 3.30. The number of rotatable bonds is 3. The van der Waals surface area contributed by atoms with Gasteiger partial charge in [0, 0.05) is 22.5 Å². The van der Waals surface area contributed by atoms with Gasteiger partial charge in [0.2, 0.25) is 5.13 Å². The molecule has 2 aromatic heterocycles. The van der Waals surface area contributed by atoms with Gasteiger partial charge in [0.25, 0.3) is 0 Å². The molecule has 0 aliphatic heterocycles. The van der Waals surface area contributed by atoms with E-state index < -0.39 is 0 Å². The number of aromatic amines is 1. The molecule has 0 atom stereocenters. The van der Waals surface area contributed by atoms with Gasteiger partial charge in [-0.05, 0) is 18.2 Å². The van der Waals surface area contributed by atoms with Gasteiger partial charge in [0.05, 0.1) is 11.7 Å². The molecule has 0 saturated carbocycles. The Morgan fingerprint density at radius 1 is 1.42 bits per heavy atom. The molecule has 5 nitrogen and oxygen atoms in total. The van der Waals surface area contributed by atoms with Crippen molar-refractivity contribution in [3.05, 3.63) is 41.2 Å². The Hall–Kier alpha value is -2.41. The average molecular weight is 275 g/mol. The molecule has 2 heterocycles. The van der Waals surface area contributed by atoms with E-state index in [1.54, 1.807) is 29.9 Å². The van der Waals surface area contributed by atoms with Gasteiger partial charge < -0.3 is 10.7 Å². The molecule has 3 aromatic rings. The highest BCUT2D eigenvalue weighted by Crippen LogP contribution is 2.20. The summed E-state index contributed by atoms with van der Waals surface area (Å²) in [5.74, 6) is 0.199. The van der Waals surface area contributed by atoms with Crippen LogP contribution in [0.2, 0.25) is 0 Å². The Balaban J connectivity index is 1.85. The molecule has 0 spiro atoms. The van der Waals surface area contributed by atoms with Crippen LogP contribution >= 0.6 is 11.3 Å². The van der Waals surface area contributed by atoms with E-state index in [0.717, 1.165) is 5.56 Å². The molecule has 1 aromatic carbocycles. The lowest BCUT2D eigenvalue weighted by atomic mass is 10.1. The summed E-state index contributed by atoms with van der Waals surface area (Å²) in [6.45, 7) is 0. The monoisotopic (exact) mass is 275 g/mol. The number of aromatic nitrogens is 2. The number of nitrogens with one attached hydrogen (secondary N) is 2. The second-order valence-electron chi connectivity index (χ2n) is 3.85. The standard InChI is InChI=1S/C12H10FN5S/c13-9-2-1-7(11-8(9)3-4-15-11)5-16-18-12-17-10(14)6-19-12/h1-6,15H,14H2,(H,17,18). The van der Waals surface area contributed by atoms with Crippen LogP contribution < -0.4 is 11.2 Å². The predicted octanol–water partition coefficient (Wildman–Crippen LogP) is 2.79. The molecule has 96 valence electrons. The molecule has 0 aliphatic rings. The smallest absolute Gasteiger partial charge is 0.205 e. The summed E-state index contributed by atoms with van der Waals surface area (Å²) >= 11 is 1.36. The van der Waals surface area contributed by atoms with Crippen molar-refractivity contribution in [3.63, 3.8) is 0 Å². The fourth-order valence-electron chi connectivity index (χ4n) is 1.75. The first kappa shape index (κ1) is 11.7. The number of hydrazone groups is 1. The van der Waals surface area contributed by atoms with Gasteiger partial charge in [-0.3, -0.25) is 5.43 Å². The van der Waals surface area contributed by atoms with Crippen molar-refractivity contribution in [3.8, 4) is 0 Å². The quantitative estimate of drug-likeness (QED) is 0.508. The van der Waals surface area contributed by atoms with E-state index in [9.17, 15) is 4.39 Å². The van der Waals surface area contributed by atoms with Crippen molar-refractivity contribution in [1.82, 2.24) is 9.97 Å². The number of fused-ring (bicyclic) bond motifs is 1. The first-order chi connectivity index (χ1) is 9.24. The Labute approximate surface area is 112 Å². The average Bonchev–Trinajstić information content (AvgIpc) is 3.02. The van der Waals surface area contributed by atoms with E-state index in [2.05, 4.69) is 20.5 Å². The molecule has 0 unspecified atom stereocenters. The van der Waals surface area contributed by atoms with Crippen molar-refractivity contribution < 1.29 is 4.39 Å². The molecular formula is C12H10FN5S. The lowest BCUT2D eigenvalue weighted by Crippen LogP contribution is -1.92. The molecule has 19 heavy (non-hydrogen) atoms. The molecular weight excluding hydrogens is 265 g/mol. The van der Waals surface area contributed by atoms with Crippen LogP contribution in [0.1, 0.15) is 5.56 Å². The maximum absolute atomic E-state index is 13.5. The highest BCUT2D eigenvalue weighted by atomic mass is 32.1. The number of nitrogens with zero attached hydrogens (tertiary/aromatic N) is 2. The van der Waals surface area contributed by atoms with Gasteiger partial charge >= 0.3 is 0 Å². The zero-order valence-corrected chi connectivity index (χ0v) is 10.5. The van der Waals surface area contributed by atoms with E-state index in [0.29, 0.717) is 21.9 Å². The zero-order valence-electron chi connectivity index (χ0n) is 9.72. The van der Waals surface area contributed by atoms with Crippen molar-refractivity contribution in [2.45, 2.75) is 0 Å². The first-order valence-corrected chi connectivity index (χ1v) is 6.37. The maximum atomic E-state index is 13.5. The number of halogens is 1. The second-order valence-corrected chi connectivity index (χ2v) is 4.71. The van der Waals surface area contributed by atoms with Crippen LogP contribution in [-0.4, -0.2) is 16.2 Å². The number of H-pyrrole nitrogens is 1. The summed E-state index contributed by atoms with van der Waals surface area (Å²) in [5, 5.41) is 6.93. The van der Waals surface area contributed by atoms with Crippen LogP contribution in [0.15, 0.2) is 34.9 Å². The zero-order chi connectivity index (χ0) is 13.2. The molecule has 0 saturated heterocycles. The summed E-state index contributed by atoms with van der Waals surface area (Å²) in [6, 6.07) is 4.77. The largest absolute Gasteiger partial charge is 0.383 e. The van der Waals surface area contributed by atoms with Crippen LogP contribution in [0.5, 0.6) is 0 Å². The number of hydrogen-bond donors (Lipinski definition) is 3. The van der Waals surface area contributed by atoms with Gasteiger partial charge in [-0.2, -0.15) is 5.10 Å². The fraction of sp³-hybridized carbons (Fsp3) is 0. The highest BCUT2D eigenvalue weighted by Gasteiger charge is 2.05. The van der Waals surface area contributed by atoms with Crippen molar-refractivity contribution in [1.29, 1.82) is 0 Å². The third-order valence-electron chi connectivity index (χ3n) is 2.59. The Morgan fingerprint density at radius 2 is 2.32 bits per heavy atom. The van der Waals surface area contributed by atoms with Gasteiger partial charge in [0.1, 0.15) is 11.6 Å². The highest BCUT2D eigenvalue weighted by molar-refractivity contribution is 7.14. The van der Waals surface area contributed by atoms with E-state index in [-0.39, 0.29) is 5.82 Å². The molecule has 0 fully saturated rings. The Bertz CT molecular complexity index is 746. The minimum atomic E-state index is -0.256. The van der Waals surface area contributed by atoms with Crippen molar-refractivity contribution >= 4 is 39.4 Å². The summed E-state index contributed by atoms with van der Waals surface area (Å²) in [7, 11) is 0. The maximum Gasteiger partial charge on any atom is 0.205 e. The Morgan fingerprint density at radius 3 is 3.11 bits per heavy atom. The summed E-state index contributed by atoms with van der Waals surface area (Å²) < 4.78 is 13.5. The molecule has 0 bridgehead atoms. The molecule has 0 aliphatic carbocycles. The minimum Gasteiger partial charge on any atom is -0.383 e. The van der Waals surface area contributed by atoms with Crippen LogP contribution in [0.4, 0.5) is 15.3 Å². The number of benzene rings is 1.